The smallest absolute Gasteiger partial charge is 0.257 e. The Hall–Kier alpha value is -3.63. The van der Waals surface area contributed by atoms with E-state index >= 15 is 0 Å². The van der Waals surface area contributed by atoms with Crippen LogP contribution in [0.3, 0.4) is 0 Å². The number of carbonyl (C=O) groups is 2. The molecule has 0 aromatic heterocycles. The highest BCUT2D eigenvalue weighted by atomic mass is 79.9. The zero-order chi connectivity index (χ0) is 26.4. The fourth-order valence-electron chi connectivity index (χ4n) is 3.98. The monoisotopic (exact) mass is 582 g/mol. The van der Waals surface area contributed by atoms with Gasteiger partial charge in [0.15, 0.2) is 5.11 Å². The average molecular weight is 584 g/mol. The first-order valence-electron chi connectivity index (χ1n) is 11.6. The quantitative estimate of drug-likeness (QED) is 0.412. The highest BCUT2D eigenvalue weighted by Crippen LogP contribution is 2.25. The van der Waals surface area contributed by atoms with Crippen molar-refractivity contribution < 1.29 is 19.1 Å². The number of rotatable bonds is 6. The lowest BCUT2D eigenvalue weighted by Crippen LogP contribution is -2.48. The summed E-state index contributed by atoms with van der Waals surface area (Å²) in [6.07, 6.45) is 0. The molecule has 0 unspecified atom stereocenters. The molecule has 0 bridgehead atoms. The number of anilines is 2. The molecule has 0 spiro atoms. The number of hydrogen-bond donors (Lipinski definition) is 2. The first-order chi connectivity index (χ1) is 17.9. The van der Waals surface area contributed by atoms with Gasteiger partial charge in [0.2, 0.25) is 0 Å². The van der Waals surface area contributed by atoms with Crippen molar-refractivity contribution in [2.45, 2.75) is 0 Å². The molecule has 0 radical (unpaired) electrons. The van der Waals surface area contributed by atoms with Crippen LogP contribution in [-0.4, -0.2) is 62.2 Å². The Morgan fingerprint density at radius 2 is 1.51 bits per heavy atom. The van der Waals surface area contributed by atoms with Gasteiger partial charge in [-0.15, -0.1) is 0 Å². The second kappa shape index (κ2) is 12.1. The van der Waals surface area contributed by atoms with Crippen LogP contribution < -0.4 is 25.0 Å². The lowest BCUT2D eigenvalue weighted by molar-refractivity contribution is 0.0746. The van der Waals surface area contributed by atoms with Gasteiger partial charge in [-0.25, -0.2) is 0 Å². The standard InChI is InChI=1S/C27H27BrN4O4S/c1-35-22-10-3-18(4-11-22)26(34)32-15-13-31(14-16-32)21-8-6-20(7-9-21)29-27(37)30-25(33)19-5-12-24(36-2)23(28)17-19/h3-12,17H,13-16H2,1-2H3,(H2,29,30,33,37). The number of hydrogen-bond acceptors (Lipinski definition) is 6. The zero-order valence-corrected chi connectivity index (χ0v) is 22.9. The van der Waals surface area contributed by atoms with E-state index in [4.69, 9.17) is 21.7 Å². The summed E-state index contributed by atoms with van der Waals surface area (Å²) in [4.78, 5) is 29.4. The third-order valence-corrected chi connectivity index (χ3v) is 6.86. The minimum Gasteiger partial charge on any atom is -0.497 e. The maximum absolute atomic E-state index is 12.8. The van der Waals surface area contributed by atoms with Gasteiger partial charge < -0.3 is 24.6 Å². The molecule has 3 aromatic rings. The zero-order valence-electron chi connectivity index (χ0n) is 20.5. The molecule has 10 heteroatoms. The summed E-state index contributed by atoms with van der Waals surface area (Å²) in [5.74, 6) is 1.08. The van der Waals surface area contributed by atoms with Crippen molar-refractivity contribution in [3.63, 3.8) is 0 Å². The Morgan fingerprint density at radius 3 is 2.11 bits per heavy atom. The molecule has 1 aliphatic rings. The average Bonchev–Trinajstić information content (AvgIpc) is 2.93. The molecule has 192 valence electrons. The number of nitrogens with one attached hydrogen (secondary N) is 2. The number of carbonyl (C=O) groups excluding carboxylic acids is 2. The highest BCUT2D eigenvalue weighted by Gasteiger charge is 2.22. The first-order valence-corrected chi connectivity index (χ1v) is 12.8. The van der Waals surface area contributed by atoms with Gasteiger partial charge in [-0.05, 0) is 94.9 Å². The third kappa shape index (κ3) is 6.58. The number of ether oxygens (including phenoxy) is 2. The summed E-state index contributed by atoms with van der Waals surface area (Å²) in [5, 5.41) is 5.93. The van der Waals surface area contributed by atoms with Gasteiger partial charge in [0.05, 0.1) is 18.7 Å². The summed E-state index contributed by atoms with van der Waals surface area (Å²) in [6.45, 7) is 2.76. The number of halogens is 1. The molecule has 1 heterocycles. The molecule has 3 aromatic carbocycles. The minimum absolute atomic E-state index is 0.0272. The van der Waals surface area contributed by atoms with E-state index in [2.05, 4.69) is 31.5 Å². The summed E-state index contributed by atoms with van der Waals surface area (Å²) in [5.41, 5.74) is 2.93. The van der Waals surface area contributed by atoms with Crippen LogP contribution in [0.1, 0.15) is 20.7 Å². The van der Waals surface area contributed by atoms with E-state index in [1.807, 2.05) is 29.2 Å². The lowest BCUT2D eigenvalue weighted by atomic mass is 10.1. The summed E-state index contributed by atoms with van der Waals surface area (Å²) < 4.78 is 11.0. The number of methoxy groups -OCH3 is 2. The van der Waals surface area contributed by atoms with Crippen molar-refractivity contribution in [1.82, 2.24) is 10.2 Å². The van der Waals surface area contributed by atoms with Crippen LogP contribution in [0.25, 0.3) is 0 Å². The Labute approximate surface area is 229 Å². The van der Waals surface area contributed by atoms with Crippen molar-refractivity contribution in [1.29, 1.82) is 0 Å². The van der Waals surface area contributed by atoms with Crippen molar-refractivity contribution in [3.8, 4) is 11.5 Å². The predicted octanol–water partition coefficient (Wildman–Crippen LogP) is 4.56. The molecular formula is C27H27BrN4O4S. The number of piperazine rings is 1. The third-order valence-electron chi connectivity index (χ3n) is 6.04. The Morgan fingerprint density at radius 1 is 0.865 bits per heavy atom. The highest BCUT2D eigenvalue weighted by molar-refractivity contribution is 9.10. The molecule has 2 amide bonds. The molecule has 0 aliphatic carbocycles. The van der Waals surface area contributed by atoms with E-state index in [0.717, 1.165) is 30.2 Å². The van der Waals surface area contributed by atoms with Gasteiger partial charge in [0.25, 0.3) is 11.8 Å². The van der Waals surface area contributed by atoms with E-state index < -0.39 is 0 Å². The van der Waals surface area contributed by atoms with E-state index in [1.54, 1.807) is 56.7 Å². The molecule has 4 rings (SSSR count). The molecule has 1 aliphatic heterocycles. The van der Waals surface area contributed by atoms with E-state index in [1.165, 1.54) is 0 Å². The van der Waals surface area contributed by atoms with Crippen molar-refractivity contribution in [2.75, 3.05) is 50.6 Å². The molecule has 37 heavy (non-hydrogen) atoms. The summed E-state index contributed by atoms with van der Waals surface area (Å²) in [6, 6.07) is 20.0. The van der Waals surface area contributed by atoms with Crippen molar-refractivity contribution in [2.24, 2.45) is 0 Å². The lowest BCUT2D eigenvalue weighted by Gasteiger charge is -2.36. The largest absolute Gasteiger partial charge is 0.497 e. The number of nitrogens with zero attached hydrogens (tertiary/aromatic N) is 2. The van der Waals surface area contributed by atoms with Crippen LogP contribution in [-0.2, 0) is 0 Å². The van der Waals surface area contributed by atoms with E-state index in [-0.39, 0.29) is 16.9 Å². The maximum Gasteiger partial charge on any atom is 0.257 e. The van der Waals surface area contributed by atoms with E-state index in [9.17, 15) is 9.59 Å². The Kier molecular flexibility index (Phi) is 8.62. The van der Waals surface area contributed by atoms with Gasteiger partial charge in [-0.3, -0.25) is 14.9 Å². The maximum atomic E-state index is 12.8. The number of amides is 2. The first kappa shape index (κ1) is 26.4. The molecule has 1 saturated heterocycles. The van der Waals surface area contributed by atoms with Gasteiger partial charge in [0.1, 0.15) is 11.5 Å². The van der Waals surface area contributed by atoms with Gasteiger partial charge in [0, 0.05) is 48.7 Å². The predicted molar refractivity (Wildman–Crippen MR) is 152 cm³/mol. The minimum atomic E-state index is -0.320. The van der Waals surface area contributed by atoms with Crippen LogP contribution in [0.4, 0.5) is 11.4 Å². The normalized spacial score (nSPS) is 13.1. The summed E-state index contributed by atoms with van der Waals surface area (Å²) >= 11 is 8.69. The second-order valence-corrected chi connectivity index (χ2v) is 9.57. The summed E-state index contributed by atoms with van der Waals surface area (Å²) in [7, 11) is 3.17. The molecule has 0 saturated carbocycles. The fraction of sp³-hybridized carbons (Fsp3) is 0.222. The topological polar surface area (TPSA) is 83.1 Å². The fourth-order valence-corrected chi connectivity index (χ4v) is 4.74. The molecule has 1 fully saturated rings. The molecule has 2 N–H and O–H groups in total. The van der Waals surface area contributed by atoms with Crippen LogP contribution >= 0.6 is 28.1 Å². The molecular weight excluding hydrogens is 556 g/mol. The number of benzene rings is 3. The van der Waals surface area contributed by atoms with Crippen LogP contribution in [0, 0.1) is 0 Å². The Bertz CT molecular complexity index is 1280. The second-order valence-electron chi connectivity index (χ2n) is 8.31. The molecule has 8 nitrogen and oxygen atoms in total. The van der Waals surface area contributed by atoms with Gasteiger partial charge in [-0.1, -0.05) is 0 Å². The van der Waals surface area contributed by atoms with Gasteiger partial charge in [-0.2, -0.15) is 0 Å². The number of thiocarbonyl (C=S) groups is 1. The van der Waals surface area contributed by atoms with Gasteiger partial charge >= 0.3 is 0 Å². The SMILES string of the molecule is COc1ccc(C(=O)N2CCN(c3ccc(NC(=S)NC(=O)c4ccc(OC)c(Br)c4)cc3)CC2)cc1. The van der Waals surface area contributed by atoms with Crippen LogP contribution in [0.2, 0.25) is 0 Å². The molecule has 0 atom stereocenters. The van der Waals surface area contributed by atoms with Crippen molar-refractivity contribution in [3.05, 3.63) is 82.3 Å². The van der Waals surface area contributed by atoms with Crippen LogP contribution in [0.5, 0.6) is 11.5 Å². The van der Waals surface area contributed by atoms with E-state index in [0.29, 0.717) is 34.4 Å². The van der Waals surface area contributed by atoms with Crippen molar-refractivity contribution >= 4 is 56.4 Å². The van der Waals surface area contributed by atoms with Crippen LogP contribution in [0.15, 0.2) is 71.2 Å². The Balaban J connectivity index is 1.27.